The molecule has 0 saturated heterocycles. The zero-order valence-electron chi connectivity index (χ0n) is 5.44. The van der Waals surface area contributed by atoms with E-state index in [2.05, 4.69) is 6.92 Å². The van der Waals surface area contributed by atoms with Crippen LogP contribution in [0.2, 0.25) is 0 Å². The molecule has 0 aromatic rings. The molecule has 0 fully saturated rings. The highest BCUT2D eigenvalue weighted by Gasteiger charge is 1.86. The van der Waals surface area contributed by atoms with Crippen molar-refractivity contribution in [3.63, 3.8) is 0 Å². The molecule has 2 nitrogen and oxygen atoms in total. The molecule has 0 amide bonds. The van der Waals surface area contributed by atoms with Gasteiger partial charge in [-0.3, -0.25) is 4.57 Å². The number of unbranched alkanes of at least 4 members (excludes halogenated alkanes) is 1. The Bertz CT molecular complexity index is 72.8. The summed E-state index contributed by atoms with van der Waals surface area (Å²) in [6, 6.07) is 0. The molecule has 0 aromatic carbocycles. The minimum absolute atomic E-state index is 0.658. The third-order valence-electron chi connectivity index (χ3n) is 0.803. The standard InChI is InChI=1S/C5H13O2P/c1-3-4-5-7-8(2)6/h8H,3-5H2,1-2H3. The largest absolute Gasteiger partial charge is 0.331 e. The Morgan fingerprint density at radius 3 is 2.62 bits per heavy atom. The van der Waals surface area contributed by atoms with Crippen LogP contribution in [0.5, 0.6) is 0 Å². The molecule has 0 spiro atoms. The van der Waals surface area contributed by atoms with Crippen molar-refractivity contribution >= 4 is 8.03 Å². The molecule has 0 radical (unpaired) electrons. The second-order valence-corrected chi connectivity index (χ2v) is 2.97. The first-order chi connectivity index (χ1) is 3.77. The second-order valence-electron chi connectivity index (χ2n) is 1.69. The summed E-state index contributed by atoms with van der Waals surface area (Å²) in [5, 5.41) is 0. The molecule has 8 heavy (non-hydrogen) atoms. The maximum Gasteiger partial charge on any atom is 0.188 e. The van der Waals surface area contributed by atoms with Crippen LogP contribution in [0.1, 0.15) is 19.8 Å². The van der Waals surface area contributed by atoms with Gasteiger partial charge in [-0.2, -0.15) is 0 Å². The van der Waals surface area contributed by atoms with Gasteiger partial charge in [0.2, 0.25) is 0 Å². The van der Waals surface area contributed by atoms with Gasteiger partial charge in [0, 0.05) is 6.66 Å². The SMILES string of the molecule is CCCCO[PH](C)=O. The smallest absolute Gasteiger partial charge is 0.188 e. The van der Waals surface area contributed by atoms with Gasteiger partial charge in [-0.15, -0.1) is 0 Å². The van der Waals surface area contributed by atoms with Crippen LogP contribution in [0.3, 0.4) is 0 Å². The molecule has 0 rings (SSSR count). The van der Waals surface area contributed by atoms with Crippen molar-refractivity contribution in [3.8, 4) is 0 Å². The van der Waals surface area contributed by atoms with Gasteiger partial charge >= 0.3 is 0 Å². The van der Waals surface area contributed by atoms with E-state index in [-0.39, 0.29) is 0 Å². The number of hydrogen-bond donors (Lipinski definition) is 0. The van der Waals surface area contributed by atoms with E-state index in [0.29, 0.717) is 6.61 Å². The minimum Gasteiger partial charge on any atom is -0.331 e. The fourth-order valence-electron chi connectivity index (χ4n) is 0.360. The highest BCUT2D eigenvalue weighted by atomic mass is 31.1. The Morgan fingerprint density at radius 2 is 2.25 bits per heavy atom. The molecule has 50 valence electrons. The van der Waals surface area contributed by atoms with Crippen molar-refractivity contribution in [1.29, 1.82) is 0 Å². The van der Waals surface area contributed by atoms with Crippen LogP contribution in [0.4, 0.5) is 0 Å². The Labute approximate surface area is 51.1 Å². The lowest BCUT2D eigenvalue weighted by Gasteiger charge is -1.95. The quantitative estimate of drug-likeness (QED) is 0.436. The van der Waals surface area contributed by atoms with Crippen molar-refractivity contribution in [1.82, 2.24) is 0 Å². The first-order valence-electron chi connectivity index (χ1n) is 2.90. The van der Waals surface area contributed by atoms with Crippen LogP contribution in [0, 0.1) is 0 Å². The van der Waals surface area contributed by atoms with E-state index in [9.17, 15) is 4.57 Å². The van der Waals surface area contributed by atoms with Crippen LogP contribution in [-0.4, -0.2) is 13.3 Å². The van der Waals surface area contributed by atoms with Gasteiger partial charge in [-0.25, -0.2) is 0 Å². The summed E-state index contributed by atoms with van der Waals surface area (Å²) < 4.78 is 15.1. The summed E-state index contributed by atoms with van der Waals surface area (Å²) in [6.07, 6.45) is 2.12. The molecule has 0 N–H and O–H groups in total. The molecular weight excluding hydrogens is 123 g/mol. The Hall–Kier alpha value is 0.190. The summed E-state index contributed by atoms with van der Waals surface area (Å²) in [4.78, 5) is 0. The van der Waals surface area contributed by atoms with E-state index < -0.39 is 8.03 Å². The van der Waals surface area contributed by atoms with Crippen molar-refractivity contribution < 1.29 is 9.09 Å². The molecule has 0 aliphatic carbocycles. The maximum atomic E-state index is 10.3. The molecule has 0 aliphatic rings. The predicted octanol–water partition coefficient (Wildman–Crippen LogP) is 1.91. The minimum atomic E-state index is -1.66. The summed E-state index contributed by atoms with van der Waals surface area (Å²) in [6.45, 7) is 4.35. The van der Waals surface area contributed by atoms with Gasteiger partial charge in [0.15, 0.2) is 8.03 Å². The molecular formula is C5H13O2P. The van der Waals surface area contributed by atoms with Crippen LogP contribution in [-0.2, 0) is 9.09 Å². The van der Waals surface area contributed by atoms with Crippen molar-refractivity contribution in [2.75, 3.05) is 13.3 Å². The van der Waals surface area contributed by atoms with E-state index in [1.807, 2.05) is 0 Å². The van der Waals surface area contributed by atoms with Gasteiger partial charge in [-0.1, -0.05) is 13.3 Å². The number of hydrogen-bond acceptors (Lipinski definition) is 2. The molecule has 3 heteroatoms. The third-order valence-corrected chi connectivity index (χ3v) is 1.41. The zero-order chi connectivity index (χ0) is 6.41. The molecule has 1 unspecified atom stereocenters. The Kier molecular flexibility index (Phi) is 5.46. The monoisotopic (exact) mass is 136 g/mol. The molecule has 0 aliphatic heterocycles. The molecule has 1 atom stereocenters. The Morgan fingerprint density at radius 1 is 1.62 bits per heavy atom. The second kappa shape index (κ2) is 5.33. The van der Waals surface area contributed by atoms with Gasteiger partial charge in [-0.05, 0) is 6.42 Å². The van der Waals surface area contributed by atoms with Crippen molar-refractivity contribution in [3.05, 3.63) is 0 Å². The highest BCUT2D eigenvalue weighted by Crippen LogP contribution is 2.14. The molecule has 0 bridgehead atoms. The Balaban J connectivity index is 2.82. The summed E-state index contributed by atoms with van der Waals surface area (Å²) in [5.74, 6) is 0. The van der Waals surface area contributed by atoms with E-state index >= 15 is 0 Å². The van der Waals surface area contributed by atoms with Crippen LogP contribution >= 0.6 is 8.03 Å². The fraction of sp³-hybridized carbons (Fsp3) is 1.00. The summed E-state index contributed by atoms with van der Waals surface area (Å²) >= 11 is 0. The van der Waals surface area contributed by atoms with Crippen molar-refractivity contribution in [2.24, 2.45) is 0 Å². The first kappa shape index (κ1) is 8.19. The van der Waals surface area contributed by atoms with E-state index in [0.717, 1.165) is 12.8 Å². The normalized spacial score (nSPS) is 13.8. The van der Waals surface area contributed by atoms with E-state index in [1.54, 1.807) is 6.66 Å². The number of rotatable bonds is 4. The van der Waals surface area contributed by atoms with Gasteiger partial charge in [0.1, 0.15) is 0 Å². The van der Waals surface area contributed by atoms with Gasteiger partial charge in [0.05, 0.1) is 6.61 Å². The highest BCUT2D eigenvalue weighted by molar-refractivity contribution is 7.38. The first-order valence-corrected chi connectivity index (χ1v) is 4.72. The average molecular weight is 136 g/mol. The average Bonchev–Trinajstić information content (AvgIpc) is 1.66. The summed E-state index contributed by atoms with van der Waals surface area (Å²) in [7, 11) is -1.66. The predicted molar refractivity (Wildman–Crippen MR) is 35.8 cm³/mol. The lowest BCUT2D eigenvalue weighted by molar-refractivity contribution is 0.324. The molecule has 0 heterocycles. The molecule has 0 saturated carbocycles. The summed E-state index contributed by atoms with van der Waals surface area (Å²) in [5.41, 5.74) is 0. The topological polar surface area (TPSA) is 26.3 Å². The van der Waals surface area contributed by atoms with Gasteiger partial charge in [0.25, 0.3) is 0 Å². The fourth-order valence-corrected chi connectivity index (χ4v) is 0.792. The lowest BCUT2D eigenvalue weighted by Crippen LogP contribution is -1.82. The van der Waals surface area contributed by atoms with Crippen LogP contribution in [0.25, 0.3) is 0 Å². The van der Waals surface area contributed by atoms with E-state index in [1.165, 1.54) is 0 Å². The van der Waals surface area contributed by atoms with Crippen LogP contribution in [0.15, 0.2) is 0 Å². The van der Waals surface area contributed by atoms with Crippen LogP contribution < -0.4 is 0 Å². The maximum absolute atomic E-state index is 10.3. The van der Waals surface area contributed by atoms with E-state index in [4.69, 9.17) is 4.52 Å². The van der Waals surface area contributed by atoms with Gasteiger partial charge < -0.3 is 4.52 Å². The lowest BCUT2D eigenvalue weighted by atomic mass is 10.4. The third kappa shape index (κ3) is 6.19. The van der Waals surface area contributed by atoms with Crippen molar-refractivity contribution in [2.45, 2.75) is 19.8 Å². The zero-order valence-corrected chi connectivity index (χ0v) is 6.44. The molecule has 0 aromatic heterocycles.